The average molecular weight is 373 g/mol. The molecule has 1 aromatic heterocycles. The number of anilines is 1. The van der Waals surface area contributed by atoms with Gasteiger partial charge < -0.3 is 25.1 Å². The number of aryl methyl sites for hydroxylation is 2. The van der Waals surface area contributed by atoms with E-state index < -0.39 is 5.60 Å². The first kappa shape index (κ1) is 20.8. The van der Waals surface area contributed by atoms with E-state index in [0.717, 1.165) is 34.9 Å². The van der Waals surface area contributed by atoms with Crippen molar-refractivity contribution in [3.63, 3.8) is 0 Å². The number of guanidine groups is 1. The summed E-state index contributed by atoms with van der Waals surface area (Å²) in [6.07, 6.45) is 0. The summed E-state index contributed by atoms with van der Waals surface area (Å²) in [7, 11) is 4.05. The maximum absolute atomic E-state index is 10.9. The number of nitrogens with one attached hydrogen (secondary N) is 2. The van der Waals surface area contributed by atoms with Gasteiger partial charge in [-0.1, -0.05) is 12.1 Å². The Labute approximate surface area is 162 Å². The van der Waals surface area contributed by atoms with Crippen molar-refractivity contribution < 1.29 is 9.52 Å². The molecule has 1 unspecified atom stereocenters. The highest BCUT2D eigenvalue weighted by atomic mass is 16.3. The van der Waals surface area contributed by atoms with Gasteiger partial charge in [0.1, 0.15) is 17.1 Å². The topological polar surface area (TPSA) is 73.0 Å². The fourth-order valence-corrected chi connectivity index (χ4v) is 2.96. The highest BCUT2D eigenvalue weighted by Gasteiger charge is 2.27. The van der Waals surface area contributed by atoms with Crippen molar-refractivity contribution in [3.8, 4) is 0 Å². The molecule has 0 spiro atoms. The van der Waals surface area contributed by atoms with Crippen molar-refractivity contribution in [2.24, 2.45) is 4.99 Å². The van der Waals surface area contributed by atoms with E-state index in [4.69, 9.17) is 4.42 Å². The van der Waals surface area contributed by atoms with Crippen molar-refractivity contribution in [1.29, 1.82) is 0 Å². The lowest BCUT2D eigenvalue weighted by Crippen LogP contribution is -2.44. The Morgan fingerprint density at radius 2 is 1.96 bits per heavy atom. The third-order valence-corrected chi connectivity index (χ3v) is 4.41. The van der Waals surface area contributed by atoms with Gasteiger partial charge in [-0.05, 0) is 51.5 Å². The van der Waals surface area contributed by atoms with E-state index in [1.54, 1.807) is 6.92 Å². The molecule has 1 heterocycles. The predicted octanol–water partition coefficient (Wildman–Crippen LogP) is 2.93. The number of hydrogen-bond donors (Lipinski definition) is 3. The highest BCUT2D eigenvalue weighted by molar-refractivity contribution is 5.79. The lowest BCUT2D eigenvalue weighted by molar-refractivity contribution is 0.0601. The Morgan fingerprint density at radius 1 is 1.22 bits per heavy atom. The van der Waals surface area contributed by atoms with Crippen molar-refractivity contribution in [3.05, 3.63) is 53.0 Å². The predicted molar refractivity (Wildman–Crippen MR) is 111 cm³/mol. The molecule has 1 atom stereocenters. The van der Waals surface area contributed by atoms with Gasteiger partial charge in [-0.25, -0.2) is 4.99 Å². The molecule has 0 radical (unpaired) electrons. The number of rotatable bonds is 7. The third-order valence-electron chi connectivity index (χ3n) is 4.41. The molecule has 2 rings (SSSR count). The minimum absolute atomic E-state index is 0.330. The van der Waals surface area contributed by atoms with Gasteiger partial charge in [0.15, 0.2) is 5.96 Å². The quantitative estimate of drug-likeness (QED) is 0.515. The Kier molecular flexibility index (Phi) is 6.91. The zero-order valence-electron chi connectivity index (χ0n) is 17.3. The van der Waals surface area contributed by atoms with Crippen LogP contribution in [0.2, 0.25) is 0 Å². The van der Waals surface area contributed by atoms with Gasteiger partial charge in [0.05, 0.1) is 13.1 Å². The molecule has 0 aliphatic carbocycles. The number of aliphatic imine (C=N–C) groups is 1. The molecular formula is C21H32N4O2. The molecule has 3 N–H and O–H groups in total. The first-order chi connectivity index (χ1) is 12.7. The summed E-state index contributed by atoms with van der Waals surface area (Å²) in [6, 6.07) is 10.2. The second-order valence-electron chi connectivity index (χ2n) is 7.21. The van der Waals surface area contributed by atoms with E-state index in [-0.39, 0.29) is 0 Å². The molecule has 1 aromatic carbocycles. The summed E-state index contributed by atoms with van der Waals surface area (Å²) in [5.74, 6) is 2.21. The molecule has 0 fully saturated rings. The molecule has 0 aliphatic heterocycles. The van der Waals surface area contributed by atoms with Gasteiger partial charge in [-0.15, -0.1) is 0 Å². The van der Waals surface area contributed by atoms with Gasteiger partial charge in [0, 0.05) is 31.9 Å². The average Bonchev–Trinajstić information content (AvgIpc) is 2.97. The van der Waals surface area contributed by atoms with Gasteiger partial charge in [-0.3, -0.25) is 0 Å². The SMILES string of the molecule is CCNC(=NCc1cccc(N(C)C)c1)NCC(C)(O)c1cc(C)oc1C. The van der Waals surface area contributed by atoms with E-state index in [0.29, 0.717) is 19.0 Å². The first-order valence-electron chi connectivity index (χ1n) is 9.31. The second kappa shape index (κ2) is 8.95. The largest absolute Gasteiger partial charge is 0.466 e. The van der Waals surface area contributed by atoms with Crippen LogP contribution in [-0.2, 0) is 12.1 Å². The van der Waals surface area contributed by atoms with Crippen LogP contribution in [0.15, 0.2) is 39.7 Å². The molecular weight excluding hydrogens is 340 g/mol. The van der Waals surface area contributed by atoms with Gasteiger partial charge in [-0.2, -0.15) is 0 Å². The number of furan rings is 1. The summed E-state index contributed by atoms with van der Waals surface area (Å²) < 4.78 is 5.55. The second-order valence-corrected chi connectivity index (χ2v) is 7.21. The first-order valence-corrected chi connectivity index (χ1v) is 9.31. The summed E-state index contributed by atoms with van der Waals surface area (Å²) in [5.41, 5.74) is 2.02. The normalized spacial score (nSPS) is 14.0. The number of hydrogen-bond acceptors (Lipinski definition) is 4. The van der Waals surface area contributed by atoms with E-state index in [1.807, 2.05) is 47.0 Å². The number of benzene rings is 1. The molecule has 0 aliphatic rings. The molecule has 0 saturated heterocycles. The van der Waals surface area contributed by atoms with Gasteiger partial charge >= 0.3 is 0 Å². The zero-order chi connectivity index (χ0) is 20.0. The van der Waals surface area contributed by atoms with Crippen LogP contribution in [0.5, 0.6) is 0 Å². The van der Waals surface area contributed by atoms with Crippen molar-refractivity contribution in [2.45, 2.75) is 39.8 Å². The minimum atomic E-state index is -1.05. The standard InChI is InChI=1S/C21H32N4O2/c1-7-22-20(23-13-17-9-8-10-18(12-17)25(5)6)24-14-21(4,26)19-11-15(2)27-16(19)3/h8-12,26H,7,13-14H2,1-6H3,(H2,22,23,24). The van der Waals surface area contributed by atoms with Crippen LogP contribution in [-0.4, -0.2) is 38.3 Å². The van der Waals surface area contributed by atoms with Crippen molar-refractivity contribution >= 4 is 11.6 Å². The highest BCUT2D eigenvalue weighted by Crippen LogP contribution is 2.26. The number of aliphatic hydroxyl groups is 1. The molecule has 0 bridgehead atoms. The van der Waals surface area contributed by atoms with Crippen LogP contribution in [0, 0.1) is 13.8 Å². The zero-order valence-corrected chi connectivity index (χ0v) is 17.3. The molecule has 6 nitrogen and oxygen atoms in total. The van der Waals surface area contributed by atoms with Crippen LogP contribution in [0.1, 0.15) is 36.5 Å². The van der Waals surface area contributed by atoms with E-state index in [1.165, 1.54) is 0 Å². The molecule has 27 heavy (non-hydrogen) atoms. The summed E-state index contributed by atoms with van der Waals surface area (Å²) >= 11 is 0. The lowest BCUT2D eigenvalue weighted by Gasteiger charge is -2.24. The van der Waals surface area contributed by atoms with E-state index in [9.17, 15) is 5.11 Å². The summed E-state index contributed by atoms with van der Waals surface area (Å²) in [4.78, 5) is 6.72. The summed E-state index contributed by atoms with van der Waals surface area (Å²) in [6.45, 7) is 9.18. The number of nitrogens with zero attached hydrogens (tertiary/aromatic N) is 2. The molecule has 2 aromatic rings. The molecule has 0 saturated carbocycles. The van der Waals surface area contributed by atoms with Gasteiger partial charge in [0.25, 0.3) is 0 Å². The van der Waals surface area contributed by atoms with Crippen LogP contribution < -0.4 is 15.5 Å². The van der Waals surface area contributed by atoms with Crippen LogP contribution in [0.4, 0.5) is 5.69 Å². The van der Waals surface area contributed by atoms with Gasteiger partial charge in [0.2, 0.25) is 0 Å². The van der Waals surface area contributed by atoms with Crippen molar-refractivity contribution in [2.75, 3.05) is 32.1 Å². The maximum atomic E-state index is 10.9. The van der Waals surface area contributed by atoms with Crippen LogP contribution in [0.25, 0.3) is 0 Å². The molecule has 148 valence electrons. The van der Waals surface area contributed by atoms with Crippen LogP contribution >= 0.6 is 0 Å². The van der Waals surface area contributed by atoms with E-state index >= 15 is 0 Å². The Morgan fingerprint density at radius 3 is 2.56 bits per heavy atom. The Hall–Kier alpha value is -2.47. The minimum Gasteiger partial charge on any atom is -0.466 e. The fraction of sp³-hybridized carbons (Fsp3) is 0.476. The Balaban J connectivity index is 2.07. The molecule has 6 heteroatoms. The maximum Gasteiger partial charge on any atom is 0.191 e. The fourth-order valence-electron chi connectivity index (χ4n) is 2.96. The summed E-state index contributed by atoms with van der Waals surface area (Å²) in [5, 5.41) is 17.3. The molecule has 0 amide bonds. The van der Waals surface area contributed by atoms with Crippen molar-refractivity contribution in [1.82, 2.24) is 10.6 Å². The third kappa shape index (κ3) is 5.76. The smallest absolute Gasteiger partial charge is 0.191 e. The lowest BCUT2D eigenvalue weighted by atomic mass is 9.96. The monoisotopic (exact) mass is 372 g/mol. The van der Waals surface area contributed by atoms with E-state index in [2.05, 4.69) is 38.7 Å². The Bertz CT molecular complexity index is 778. The van der Waals surface area contributed by atoms with Crippen LogP contribution in [0.3, 0.4) is 0 Å².